The van der Waals surface area contributed by atoms with Gasteiger partial charge >= 0.3 is 0 Å². The van der Waals surface area contributed by atoms with E-state index in [4.69, 9.17) is 14.5 Å². The molecule has 1 saturated carbocycles. The van der Waals surface area contributed by atoms with Crippen molar-refractivity contribution in [1.29, 1.82) is 0 Å². The van der Waals surface area contributed by atoms with Gasteiger partial charge in [0.2, 0.25) is 0 Å². The number of rotatable bonds is 20. The number of nitrogens with zero attached hydrogens (tertiary/aromatic N) is 1. The zero-order chi connectivity index (χ0) is 38.8. The van der Waals surface area contributed by atoms with E-state index in [0.717, 1.165) is 104 Å². The number of Topliss-reactive ketones (excluding diaryl/α,β-unsaturated/α-hetero) is 1. The molecule has 56 heavy (non-hydrogen) atoms. The van der Waals surface area contributed by atoms with Crippen LogP contribution >= 0.6 is 0 Å². The SMILES string of the molecule is COc1cc2cc(C3(CNCC4CC4)C=CCCC3)nc(CCCC(CCCC(=O)CCc3ccc(F)cc3)(c3ccccc3)c3ccccc3)c2cc1OC. The number of hydrogen-bond donors (Lipinski definition) is 1. The Morgan fingerprint density at radius 2 is 1.52 bits per heavy atom. The lowest BCUT2D eigenvalue weighted by Gasteiger charge is -2.36. The minimum absolute atomic E-state index is 0.162. The monoisotopic (exact) mass is 752 g/mol. The summed E-state index contributed by atoms with van der Waals surface area (Å²) in [6.45, 7) is 1.96. The van der Waals surface area contributed by atoms with E-state index in [9.17, 15) is 9.18 Å². The van der Waals surface area contributed by atoms with Crippen LogP contribution in [0.1, 0.15) is 98.7 Å². The summed E-state index contributed by atoms with van der Waals surface area (Å²) in [7, 11) is 3.39. The second-order valence-corrected chi connectivity index (χ2v) is 16.1. The lowest BCUT2D eigenvalue weighted by molar-refractivity contribution is -0.119. The van der Waals surface area contributed by atoms with E-state index in [1.807, 2.05) is 0 Å². The zero-order valence-corrected chi connectivity index (χ0v) is 33.2. The molecule has 0 saturated heterocycles. The summed E-state index contributed by atoms with van der Waals surface area (Å²) in [6.07, 6.45) is 16.6. The Hall–Kier alpha value is -4.81. The number of nitrogens with one attached hydrogen (secondary N) is 1. The number of benzene rings is 4. The molecule has 0 amide bonds. The van der Waals surface area contributed by atoms with Crippen molar-refractivity contribution in [3.8, 4) is 11.5 Å². The van der Waals surface area contributed by atoms with Crippen molar-refractivity contribution in [3.05, 3.63) is 149 Å². The highest BCUT2D eigenvalue weighted by Crippen LogP contribution is 2.43. The van der Waals surface area contributed by atoms with Crippen molar-refractivity contribution in [3.63, 3.8) is 0 Å². The van der Waals surface area contributed by atoms with Crippen molar-refractivity contribution < 1.29 is 18.7 Å². The van der Waals surface area contributed by atoms with Crippen molar-refractivity contribution >= 4 is 16.6 Å². The van der Waals surface area contributed by atoms with Crippen LogP contribution in [0.3, 0.4) is 0 Å². The number of hydrogen-bond acceptors (Lipinski definition) is 5. The summed E-state index contributed by atoms with van der Waals surface area (Å²) in [5, 5.41) is 6.06. The average molecular weight is 753 g/mol. The highest BCUT2D eigenvalue weighted by atomic mass is 19.1. The Morgan fingerprint density at radius 1 is 0.839 bits per heavy atom. The number of pyridine rings is 1. The summed E-state index contributed by atoms with van der Waals surface area (Å²) in [5.41, 5.74) is 5.31. The van der Waals surface area contributed by atoms with E-state index < -0.39 is 0 Å². The molecule has 0 aliphatic heterocycles. The number of aryl methyl sites for hydroxylation is 2. The van der Waals surface area contributed by atoms with Crippen molar-refractivity contribution in [2.24, 2.45) is 5.92 Å². The van der Waals surface area contributed by atoms with Gasteiger partial charge < -0.3 is 14.8 Å². The molecule has 6 heteroatoms. The molecule has 1 heterocycles. The van der Waals surface area contributed by atoms with E-state index in [0.29, 0.717) is 25.0 Å². The van der Waals surface area contributed by atoms with Gasteiger partial charge in [0.05, 0.1) is 19.9 Å². The lowest BCUT2D eigenvalue weighted by Crippen LogP contribution is -2.39. The van der Waals surface area contributed by atoms with Gasteiger partial charge in [-0.25, -0.2) is 4.39 Å². The molecule has 1 aromatic heterocycles. The van der Waals surface area contributed by atoms with Crippen molar-refractivity contribution in [1.82, 2.24) is 10.3 Å². The molecule has 5 aromatic rings. The molecule has 1 fully saturated rings. The van der Waals surface area contributed by atoms with Crippen molar-refractivity contribution in [2.75, 3.05) is 27.3 Å². The predicted octanol–water partition coefficient (Wildman–Crippen LogP) is 11.0. The Kier molecular flexibility index (Phi) is 13.0. The smallest absolute Gasteiger partial charge is 0.161 e. The molecule has 2 aliphatic rings. The molecule has 2 aliphatic carbocycles. The molecule has 0 bridgehead atoms. The number of halogens is 1. The minimum Gasteiger partial charge on any atom is -0.493 e. The van der Waals surface area contributed by atoms with Gasteiger partial charge in [-0.2, -0.15) is 0 Å². The highest BCUT2D eigenvalue weighted by molar-refractivity contribution is 5.88. The largest absolute Gasteiger partial charge is 0.493 e. The van der Waals surface area contributed by atoms with Gasteiger partial charge in [-0.05, 0) is 136 Å². The Morgan fingerprint density at radius 3 is 2.16 bits per heavy atom. The van der Waals surface area contributed by atoms with E-state index in [2.05, 4.69) is 96.3 Å². The molecule has 4 aromatic carbocycles. The quantitative estimate of drug-likeness (QED) is 0.0802. The maximum absolute atomic E-state index is 13.4. The highest BCUT2D eigenvalue weighted by Gasteiger charge is 2.36. The van der Waals surface area contributed by atoms with Gasteiger partial charge in [0.1, 0.15) is 11.6 Å². The fourth-order valence-corrected chi connectivity index (χ4v) is 8.88. The van der Waals surface area contributed by atoms with Crippen LogP contribution < -0.4 is 14.8 Å². The normalized spacial score (nSPS) is 16.9. The molecule has 7 rings (SSSR count). The zero-order valence-electron chi connectivity index (χ0n) is 33.2. The summed E-state index contributed by atoms with van der Waals surface area (Å²) in [5.74, 6) is 2.24. The standard InChI is InChI=1S/C50H57FN2O3/c1-55-46-32-39-33-48(49(28-10-5-11-29-49)36-52-35-38-20-21-38)53-45(44(39)34-47(46)56-2)19-13-31-50(40-14-6-3-7-15-40,41-16-8-4-9-17-41)30-12-18-43(54)27-24-37-22-25-42(51)26-23-37/h3-4,6-10,14-17,22-23,25-26,28,32-34,38,52H,5,11-13,18-21,24,27,29-31,35-36H2,1-2H3. The Balaban J connectivity index is 1.18. The van der Waals surface area contributed by atoms with Gasteiger partial charge in [0.15, 0.2) is 11.5 Å². The molecule has 5 nitrogen and oxygen atoms in total. The Labute approximate surface area is 332 Å². The van der Waals surface area contributed by atoms with E-state index in [-0.39, 0.29) is 22.4 Å². The van der Waals surface area contributed by atoms with Crippen LogP contribution in [0.5, 0.6) is 11.5 Å². The Bertz CT molecular complexity index is 2040. The maximum atomic E-state index is 13.4. The topological polar surface area (TPSA) is 60.5 Å². The minimum atomic E-state index is -0.284. The number of carbonyl (C=O) groups excluding carboxylic acids is 1. The second kappa shape index (κ2) is 18.4. The van der Waals surface area contributed by atoms with Crippen LogP contribution in [-0.4, -0.2) is 38.1 Å². The molecule has 0 spiro atoms. The first-order valence-electron chi connectivity index (χ1n) is 20.7. The number of allylic oxidation sites excluding steroid dienone is 1. The molecular weight excluding hydrogens is 696 g/mol. The number of ketones is 1. The first-order chi connectivity index (χ1) is 27.4. The summed E-state index contributed by atoms with van der Waals surface area (Å²) in [4.78, 5) is 18.8. The van der Waals surface area contributed by atoms with E-state index in [1.165, 1.54) is 36.1 Å². The summed E-state index contributed by atoms with van der Waals surface area (Å²) < 4.78 is 25.1. The van der Waals surface area contributed by atoms with Crippen molar-refractivity contribution in [2.45, 2.75) is 94.3 Å². The first-order valence-corrected chi connectivity index (χ1v) is 20.7. The van der Waals surface area contributed by atoms with Crippen LogP contribution in [0.15, 0.2) is 115 Å². The second-order valence-electron chi connectivity index (χ2n) is 16.1. The van der Waals surface area contributed by atoms with E-state index >= 15 is 0 Å². The molecule has 1 atom stereocenters. The number of fused-ring (bicyclic) bond motifs is 1. The maximum Gasteiger partial charge on any atom is 0.161 e. The van der Waals surface area contributed by atoms with Gasteiger partial charge in [0, 0.05) is 41.3 Å². The van der Waals surface area contributed by atoms with Gasteiger partial charge in [0.25, 0.3) is 0 Å². The first kappa shape index (κ1) is 39.4. The predicted molar refractivity (Wildman–Crippen MR) is 225 cm³/mol. The third kappa shape index (κ3) is 9.41. The lowest BCUT2D eigenvalue weighted by atomic mass is 9.68. The number of aromatic nitrogens is 1. The molecule has 292 valence electrons. The molecular formula is C50H57FN2O3. The third-order valence-electron chi connectivity index (χ3n) is 12.3. The average Bonchev–Trinajstić information content (AvgIpc) is 4.08. The van der Waals surface area contributed by atoms with Crippen LogP contribution in [0.2, 0.25) is 0 Å². The summed E-state index contributed by atoms with van der Waals surface area (Å²) >= 11 is 0. The fraction of sp³-hybridized carbons (Fsp3) is 0.400. The van der Waals surface area contributed by atoms with E-state index in [1.54, 1.807) is 26.4 Å². The summed E-state index contributed by atoms with van der Waals surface area (Å²) in [6, 6.07) is 34.7. The van der Waals surface area contributed by atoms with Crippen LogP contribution in [0.4, 0.5) is 4.39 Å². The van der Waals surface area contributed by atoms with Gasteiger partial charge in [-0.1, -0.05) is 84.9 Å². The number of ether oxygens (including phenoxy) is 2. The fourth-order valence-electron chi connectivity index (χ4n) is 8.88. The van der Waals surface area contributed by atoms with Crippen LogP contribution in [0.25, 0.3) is 10.8 Å². The number of methoxy groups -OCH3 is 2. The third-order valence-corrected chi connectivity index (χ3v) is 12.3. The molecule has 0 radical (unpaired) electrons. The van der Waals surface area contributed by atoms with Gasteiger partial charge in [-0.15, -0.1) is 0 Å². The van der Waals surface area contributed by atoms with Crippen LogP contribution in [0, 0.1) is 11.7 Å². The number of carbonyl (C=O) groups is 1. The van der Waals surface area contributed by atoms with Crippen LogP contribution in [-0.2, 0) is 28.5 Å². The van der Waals surface area contributed by atoms with Gasteiger partial charge in [-0.3, -0.25) is 9.78 Å². The molecule has 1 unspecified atom stereocenters. The molecule has 1 N–H and O–H groups in total.